The summed E-state index contributed by atoms with van der Waals surface area (Å²) in [6.07, 6.45) is 4.04. The Bertz CT molecular complexity index is 516. The highest BCUT2D eigenvalue weighted by Crippen LogP contribution is 2.20. The zero-order valence-corrected chi connectivity index (χ0v) is 13.7. The number of rotatable bonds is 5. The van der Waals surface area contributed by atoms with E-state index in [0.717, 1.165) is 76.5 Å². The van der Waals surface area contributed by atoms with E-state index in [0.29, 0.717) is 18.5 Å². The fraction of sp³-hybridized carbons (Fsp3) is 0.750. The predicted octanol–water partition coefficient (Wildman–Crippen LogP) is -0.137. The van der Waals surface area contributed by atoms with Crippen molar-refractivity contribution in [2.75, 3.05) is 56.9 Å². The number of nitrogens with one attached hydrogen (secondary N) is 2. The molecule has 0 amide bonds. The van der Waals surface area contributed by atoms with E-state index >= 15 is 0 Å². The molecular formula is C16H28N6O. The van der Waals surface area contributed by atoms with Crippen molar-refractivity contribution in [2.45, 2.75) is 25.7 Å². The van der Waals surface area contributed by atoms with Gasteiger partial charge in [-0.05, 0) is 44.8 Å². The molecule has 2 aliphatic heterocycles. The average Bonchev–Trinajstić information content (AvgIpc) is 2.81. The molecule has 7 nitrogen and oxygen atoms in total. The number of nitrogens with two attached hydrogens (primary N) is 1. The van der Waals surface area contributed by atoms with Crippen LogP contribution in [0, 0.1) is 5.92 Å². The summed E-state index contributed by atoms with van der Waals surface area (Å²) in [6.45, 7) is 6.23. The van der Waals surface area contributed by atoms with Crippen molar-refractivity contribution in [3.05, 3.63) is 11.3 Å². The lowest BCUT2D eigenvalue weighted by Gasteiger charge is -2.31. The molecule has 5 N–H and O–H groups in total. The molecule has 0 aromatic carbocycles. The second kappa shape index (κ2) is 7.90. The van der Waals surface area contributed by atoms with E-state index in [1.807, 2.05) is 0 Å². The number of nitrogen functional groups attached to an aromatic ring is 1. The normalized spacial score (nSPS) is 20.0. The van der Waals surface area contributed by atoms with Crippen molar-refractivity contribution >= 4 is 11.8 Å². The van der Waals surface area contributed by atoms with Gasteiger partial charge in [0.05, 0.1) is 5.69 Å². The molecule has 0 saturated carbocycles. The summed E-state index contributed by atoms with van der Waals surface area (Å²) in [5, 5.41) is 16.1. The van der Waals surface area contributed by atoms with Gasteiger partial charge in [0, 0.05) is 38.2 Å². The fourth-order valence-electron chi connectivity index (χ4n) is 3.44. The van der Waals surface area contributed by atoms with Gasteiger partial charge in [-0.3, -0.25) is 0 Å². The monoisotopic (exact) mass is 320 g/mol. The quantitative estimate of drug-likeness (QED) is 0.599. The summed E-state index contributed by atoms with van der Waals surface area (Å²) in [4.78, 5) is 11.3. The number of anilines is 2. The molecule has 0 radical (unpaired) electrons. The van der Waals surface area contributed by atoms with Gasteiger partial charge >= 0.3 is 0 Å². The lowest BCUT2D eigenvalue weighted by molar-refractivity contribution is 0.134. The van der Waals surface area contributed by atoms with Gasteiger partial charge in [-0.1, -0.05) is 0 Å². The van der Waals surface area contributed by atoms with Gasteiger partial charge in [0.15, 0.2) is 0 Å². The molecule has 1 aromatic rings. The first-order valence-corrected chi connectivity index (χ1v) is 8.69. The Morgan fingerprint density at radius 2 is 2.00 bits per heavy atom. The first-order chi connectivity index (χ1) is 11.3. The van der Waals surface area contributed by atoms with Crippen molar-refractivity contribution in [2.24, 2.45) is 5.92 Å². The largest absolute Gasteiger partial charge is 0.396 e. The summed E-state index contributed by atoms with van der Waals surface area (Å²) in [7, 11) is 0. The van der Waals surface area contributed by atoms with E-state index < -0.39 is 0 Å². The van der Waals surface area contributed by atoms with Crippen molar-refractivity contribution in [1.29, 1.82) is 0 Å². The van der Waals surface area contributed by atoms with Crippen LogP contribution >= 0.6 is 0 Å². The van der Waals surface area contributed by atoms with Crippen molar-refractivity contribution in [3.8, 4) is 0 Å². The fourth-order valence-corrected chi connectivity index (χ4v) is 3.44. The van der Waals surface area contributed by atoms with Crippen LogP contribution in [-0.4, -0.2) is 65.8 Å². The Morgan fingerprint density at radius 3 is 2.78 bits per heavy atom. The van der Waals surface area contributed by atoms with Gasteiger partial charge in [-0.25, -0.2) is 4.98 Å². The lowest BCUT2D eigenvalue weighted by atomic mass is 9.98. The van der Waals surface area contributed by atoms with Gasteiger partial charge in [0.1, 0.15) is 5.82 Å². The van der Waals surface area contributed by atoms with Crippen molar-refractivity contribution in [3.63, 3.8) is 0 Å². The second-order valence-corrected chi connectivity index (χ2v) is 6.50. The first kappa shape index (κ1) is 16.4. The average molecular weight is 320 g/mol. The van der Waals surface area contributed by atoms with Crippen LogP contribution in [0.15, 0.2) is 0 Å². The van der Waals surface area contributed by atoms with Crippen LogP contribution in [0.5, 0.6) is 0 Å². The molecule has 3 rings (SSSR count). The Hall–Kier alpha value is -1.44. The summed E-state index contributed by atoms with van der Waals surface area (Å²) in [5.41, 5.74) is 8.15. The van der Waals surface area contributed by atoms with Gasteiger partial charge in [0.25, 0.3) is 0 Å². The molecule has 0 unspecified atom stereocenters. The number of piperidine rings is 1. The molecular weight excluding hydrogens is 292 g/mol. The van der Waals surface area contributed by atoms with E-state index in [1.165, 1.54) is 5.56 Å². The molecule has 23 heavy (non-hydrogen) atoms. The Morgan fingerprint density at radius 1 is 1.22 bits per heavy atom. The molecule has 3 heterocycles. The highest BCUT2D eigenvalue weighted by molar-refractivity contribution is 5.50. The number of likely N-dealkylation sites (tertiary alicyclic amines) is 1. The van der Waals surface area contributed by atoms with Crippen molar-refractivity contribution in [1.82, 2.24) is 20.2 Å². The van der Waals surface area contributed by atoms with Gasteiger partial charge in [-0.15, -0.1) is 0 Å². The summed E-state index contributed by atoms with van der Waals surface area (Å²) >= 11 is 0. The van der Waals surface area contributed by atoms with Crippen LogP contribution < -0.4 is 16.4 Å². The van der Waals surface area contributed by atoms with E-state index in [1.54, 1.807) is 0 Å². The van der Waals surface area contributed by atoms with E-state index in [4.69, 9.17) is 5.73 Å². The zero-order chi connectivity index (χ0) is 16.1. The van der Waals surface area contributed by atoms with Gasteiger partial charge in [0.2, 0.25) is 5.95 Å². The van der Waals surface area contributed by atoms with Crippen LogP contribution in [0.25, 0.3) is 0 Å². The standard InChI is InChI=1S/C16H28N6O/c17-16-20-14-2-6-18-5-1-13(14)15(21-16)19-7-10-22-8-3-12(11-23)4-9-22/h12,18,23H,1-11H2,(H3,17,19,20,21). The third kappa shape index (κ3) is 4.31. The van der Waals surface area contributed by atoms with Crippen LogP contribution in [0.4, 0.5) is 11.8 Å². The minimum absolute atomic E-state index is 0.326. The summed E-state index contributed by atoms with van der Waals surface area (Å²) in [5.74, 6) is 1.75. The van der Waals surface area contributed by atoms with Crippen molar-refractivity contribution < 1.29 is 5.11 Å². The highest BCUT2D eigenvalue weighted by atomic mass is 16.3. The smallest absolute Gasteiger partial charge is 0.222 e. The Labute approximate surface area is 137 Å². The molecule has 1 saturated heterocycles. The van der Waals surface area contributed by atoms with Gasteiger partial charge < -0.3 is 26.4 Å². The third-order valence-electron chi connectivity index (χ3n) is 4.89. The molecule has 1 aromatic heterocycles. The van der Waals surface area contributed by atoms with Crippen LogP contribution in [0.1, 0.15) is 24.1 Å². The molecule has 7 heteroatoms. The molecule has 0 bridgehead atoms. The predicted molar refractivity (Wildman–Crippen MR) is 91.5 cm³/mol. The maximum absolute atomic E-state index is 9.20. The first-order valence-electron chi connectivity index (χ1n) is 8.69. The molecule has 0 aliphatic carbocycles. The number of nitrogens with zero attached hydrogens (tertiary/aromatic N) is 3. The Balaban J connectivity index is 1.55. The zero-order valence-electron chi connectivity index (χ0n) is 13.7. The molecule has 2 aliphatic rings. The molecule has 1 fully saturated rings. The van der Waals surface area contributed by atoms with E-state index in [9.17, 15) is 5.11 Å². The minimum Gasteiger partial charge on any atom is -0.396 e. The molecule has 0 spiro atoms. The number of aliphatic hydroxyl groups is 1. The molecule has 128 valence electrons. The maximum Gasteiger partial charge on any atom is 0.222 e. The van der Waals surface area contributed by atoms with E-state index in [2.05, 4.69) is 25.5 Å². The topological polar surface area (TPSA) is 99.3 Å². The van der Waals surface area contributed by atoms with Crippen LogP contribution in [0.3, 0.4) is 0 Å². The number of fused-ring (bicyclic) bond motifs is 1. The number of aromatic nitrogens is 2. The second-order valence-electron chi connectivity index (χ2n) is 6.50. The van der Waals surface area contributed by atoms with Crippen LogP contribution in [0.2, 0.25) is 0 Å². The summed E-state index contributed by atoms with van der Waals surface area (Å²) in [6, 6.07) is 0. The number of hydrogen-bond acceptors (Lipinski definition) is 7. The number of aliphatic hydroxyl groups excluding tert-OH is 1. The number of hydrogen-bond donors (Lipinski definition) is 4. The lowest BCUT2D eigenvalue weighted by Crippen LogP contribution is -2.37. The maximum atomic E-state index is 9.20. The SMILES string of the molecule is Nc1nc2c(c(NCCN3CCC(CO)CC3)n1)CCNCC2. The molecule has 0 atom stereocenters. The summed E-state index contributed by atoms with van der Waals surface area (Å²) < 4.78 is 0. The third-order valence-corrected chi connectivity index (χ3v) is 4.89. The highest BCUT2D eigenvalue weighted by Gasteiger charge is 2.19. The van der Waals surface area contributed by atoms with Crippen LogP contribution in [-0.2, 0) is 12.8 Å². The Kier molecular flexibility index (Phi) is 5.64. The van der Waals surface area contributed by atoms with E-state index in [-0.39, 0.29) is 0 Å². The van der Waals surface area contributed by atoms with Gasteiger partial charge in [-0.2, -0.15) is 4.98 Å². The minimum atomic E-state index is 0.326.